The van der Waals surface area contributed by atoms with Gasteiger partial charge in [0.05, 0.1) is 5.92 Å². The minimum absolute atomic E-state index is 0.270. The lowest BCUT2D eigenvalue weighted by atomic mass is 9.98. The molecule has 3 nitrogen and oxygen atoms in total. The molecule has 2 rings (SSSR count). The summed E-state index contributed by atoms with van der Waals surface area (Å²) >= 11 is 0. The molecule has 0 spiro atoms. The maximum atomic E-state index is 11.9. The molecular formula is C12H24N2O. The van der Waals surface area contributed by atoms with Crippen molar-refractivity contribution in [2.75, 3.05) is 26.2 Å². The molecule has 15 heavy (non-hydrogen) atoms. The van der Waals surface area contributed by atoms with Gasteiger partial charge in [0.25, 0.3) is 0 Å². The van der Waals surface area contributed by atoms with E-state index in [0.29, 0.717) is 5.91 Å². The Labute approximate surface area is 93.2 Å². The molecule has 3 heteroatoms. The van der Waals surface area contributed by atoms with E-state index >= 15 is 0 Å². The number of carbonyl (C=O) groups excluding carboxylic acids is 1. The number of hydrogen-bond acceptors (Lipinski definition) is 2. The van der Waals surface area contributed by atoms with Crippen LogP contribution in [0.1, 0.15) is 39.5 Å². The molecule has 1 atom stereocenters. The van der Waals surface area contributed by atoms with Crippen LogP contribution in [0.4, 0.5) is 0 Å². The topological polar surface area (TPSA) is 32.3 Å². The first-order valence-corrected chi connectivity index (χ1v) is 6.37. The molecule has 0 aromatic heterocycles. The fourth-order valence-corrected chi connectivity index (χ4v) is 2.26. The Kier molecular flexibility index (Phi) is 5.69. The van der Waals surface area contributed by atoms with Gasteiger partial charge in [-0.3, -0.25) is 4.79 Å². The highest BCUT2D eigenvalue weighted by atomic mass is 16.2. The van der Waals surface area contributed by atoms with Crippen LogP contribution in [0.15, 0.2) is 0 Å². The lowest BCUT2D eigenvalue weighted by Gasteiger charge is -2.26. The summed E-state index contributed by atoms with van der Waals surface area (Å²) in [6.45, 7) is 7.98. The second-order valence-electron chi connectivity index (χ2n) is 4.08. The maximum Gasteiger partial charge on any atom is 0.226 e. The van der Waals surface area contributed by atoms with Crippen molar-refractivity contribution in [2.45, 2.75) is 39.5 Å². The van der Waals surface area contributed by atoms with E-state index in [2.05, 4.69) is 5.32 Å². The van der Waals surface area contributed by atoms with E-state index in [9.17, 15) is 4.79 Å². The molecule has 0 bridgehead atoms. The minimum Gasteiger partial charge on any atom is -0.342 e. The number of amides is 1. The van der Waals surface area contributed by atoms with Crippen LogP contribution in [0.25, 0.3) is 0 Å². The Morgan fingerprint density at radius 1 is 1.20 bits per heavy atom. The van der Waals surface area contributed by atoms with E-state index in [-0.39, 0.29) is 5.92 Å². The smallest absolute Gasteiger partial charge is 0.226 e. The lowest BCUT2D eigenvalue weighted by Crippen LogP contribution is -2.41. The zero-order valence-corrected chi connectivity index (χ0v) is 10.1. The molecule has 2 heterocycles. The standard InChI is InChI=1S/C10H18N2O.C2H6/c13-10(12-6-1-2-7-12)9-4-3-5-11-8-9;1-2/h9,11H,1-8H2;1-2H3. The van der Waals surface area contributed by atoms with Gasteiger partial charge in [-0.1, -0.05) is 13.8 Å². The number of carbonyl (C=O) groups is 1. The molecule has 2 fully saturated rings. The summed E-state index contributed by atoms with van der Waals surface area (Å²) in [5.41, 5.74) is 0. The molecule has 1 amide bonds. The second kappa shape index (κ2) is 6.83. The molecule has 88 valence electrons. The van der Waals surface area contributed by atoms with E-state index < -0.39 is 0 Å². The molecular weight excluding hydrogens is 188 g/mol. The highest BCUT2D eigenvalue weighted by molar-refractivity contribution is 5.79. The van der Waals surface area contributed by atoms with Crippen molar-refractivity contribution in [3.8, 4) is 0 Å². The molecule has 0 aromatic rings. The number of nitrogens with zero attached hydrogens (tertiary/aromatic N) is 1. The van der Waals surface area contributed by atoms with Gasteiger partial charge >= 0.3 is 0 Å². The Morgan fingerprint density at radius 2 is 1.87 bits per heavy atom. The molecule has 0 aliphatic carbocycles. The number of nitrogens with one attached hydrogen (secondary N) is 1. The summed E-state index contributed by atoms with van der Waals surface area (Å²) in [5, 5.41) is 3.29. The molecule has 0 saturated carbocycles. The summed E-state index contributed by atoms with van der Waals surface area (Å²) < 4.78 is 0. The van der Waals surface area contributed by atoms with Crippen molar-refractivity contribution in [1.82, 2.24) is 10.2 Å². The third kappa shape index (κ3) is 3.49. The molecule has 1 N–H and O–H groups in total. The van der Waals surface area contributed by atoms with Gasteiger partial charge in [-0.05, 0) is 32.2 Å². The van der Waals surface area contributed by atoms with Crippen LogP contribution < -0.4 is 5.32 Å². The van der Waals surface area contributed by atoms with Crippen LogP contribution >= 0.6 is 0 Å². The van der Waals surface area contributed by atoms with Gasteiger partial charge in [-0.15, -0.1) is 0 Å². The van der Waals surface area contributed by atoms with Crippen molar-refractivity contribution in [1.29, 1.82) is 0 Å². The van der Waals surface area contributed by atoms with Crippen molar-refractivity contribution < 1.29 is 4.79 Å². The fraction of sp³-hybridized carbons (Fsp3) is 0.917. The van der Waals surface area contributed by atoms with Crippen LogP contribution in [-0.4, -0.2) is 37.0 Å². The van der Waals surface area contributed by atoms with Crippen LogP contribution in [-0.2, 0) is 4.79 Å². The Hall–Kier alpha value is -0.570. The third-order valence-electron chi connectivity index (χ3n) is 3.06. The average Bonchev–Trinajstić information content (AvgIpc) is 2.85. The fourth-order valence-electron chi connectivity index (χ4n) is 2.26. The number of hydrogen-bond donors (Lipinski definition) is 1. The van der Waals surface area contributed by atoms with E-state index in [1.807, 2.05) is 18.7 Å². The van der Waals surface area contributed by atoms with Crippen LogP contribution in [0, 0.1) is 5.92 Å². The van der Waals surface area contributed by atoms with Crippen molar-refractivity contribution in [2.24, 2.45) is 5.92 Å². The third-order valence-corrected chi connectivity index (χ3v) is 3.06. The van der Waals surface area contributed by atoms with Gasteiger partial charge in [0.2, 0.25) is 5.91 Å². The largest absolute Gasteiger partial charge is 0.342 e. The maximum absolute atomic E-state index is 11.9. The van der Waals surface area contributed by atoms with Crippen molar-refractivity contribution in [3.05, 3.63) is 0 Å². The zero-order chi connectivity index (χ0) is 11.1. The first-order chi connectivity index (χ1) is 7.38. The van der Waals surface area contributed by atoms with Crippen LogP contribution in [0.3, 0.4) is 0 Å². The van der Waals surface area contributed by atoms with Gasteiger partial charge in [0, 0.05) is 19.6 Å². The summed E-state index contributed by atoms with van der Waals surface area (Å²) in [4.78, 5) is 13.9. The highest BCUT2D eigenvalue weighted by Crippen LogP contribution is 2.17. The quantitative estimate of drug-likeness (QED) is 0.716. The minimum atomic E-state index is 0.270. The van der Waals surface area contributed by atoms with Gasteiger partial charge < -0.3 is 10.2 Å². The van der Waals surface area contributed by atoms with Crippen LogP contribution in [0.2, 0.25) is 0 Å². The number of likely N-dealkylation sites (tertiary alicyclic amines) is 1. The molecule has 2 saturated heterocycles. The van der Waals surface area contributed by atoms with Crippen molar-refractivity contribution >= 4 is 5.91 Å². The first kappa shape index (κ1) is 12.5. The Morgan fingerprint density at radius 3 is 2.40 bits per heavy atom. The van der Waals surface area contributed by atoms with E-state index in [0.717, 1.165) is 39.0 Å². The summed E-state index contributed by atoms with van der Waals surface area (Å²) in [7, 11) is 0. The summed E-state index contributed by atoms with van der Waals surface area (Å²) in [6, 6.07) is 0. The summed E-state index contributed by atoms with van der Waals surface area (Å²) in [5.74, 6) is 0.663. The SMILES string of the molecule is CC.O=C(C1CCCNC1)N1CCCC1. The molecule has 2 aliphatic heterocycles. The van der Waals surface area contributed by atoms with E-state index in [4.69, 9.17) is 0 Å². The van der Waals surface area contributed by atoms with Gasteiger partial charge in [0.1, 0.15) is 0 Å². The first-order valence-electron chi connectivity index (χ1n) is 6.37. The zero-order valence-electron chi connectivity index (χ0n) is 10.1. The van der Waals surface area contributed by atoms with E-state index in [1.165, 1.54) is 12.8 Å². The monoisotopic (exact) mass is 212 g/mol. The van der Waals surface area contributed by atoms with Crippen molar-refractivity contribution in [3.63, 3.8) is 0 Å². The van der Waals surface area contributed by atoms with Gasteiger partial charge in [-0.2, -0.15) is 0 Å². The summed E-state index contributed by atoms with van der Waals surface area (Å²) in [6.07, 6.45) is 4.64. The Balaban J connectivity index is 0.000000531. The number of rotatable bonds is 1. The van der Waals surface area contributed by atoms with Crippen LogP contribution in [0.5, 0.6) is 0 Å². The normalized spacial score (nSPS) is 25.7. The van der Waals surface area contributed by atoms with Gasteiger partial charge in [-0.25, -0.2) is 0 Å². The highest BCUT2D eigenvalue weighted by Gasteiger charge is 2.27. The average molecular weight is 212 g/mol. The van der Waals surface area contributed by atoms with Gasteiger partial charge in [0.15, 0.2) is 0 Å². The second-order valence-corrected chi connectivity index (χ2v) is 4.08. The predicted molar refractivity (Wildman–Crippen MR) is 62.8 cm³/mol. The lowest BCUT2D eigenvalue weighted by molar-refractivity contribution is -0.134. The molecule has 2 aliphatic rings. The molecule has 0 aromatic carbocycles. The molecule has 0 radical (unpaired) electrons. The number of piperidine rings is 1. The predicted octanol–water partition coefficient (Wildman–Crippen LogP) is 1.63. The molecule has 1 unspecified atom stereocenters. The Bertz CT molecular complexity index is 182. The van der Waals surface area contributed by atoms with E-state index in [1.54, 1.807) is 0 Å².